The first-order valence-electron chi connectivity index (χ1n) is 6.31. The number of pyridine rings is 1. The fraction of sp³-hybridized carbons (Fsp3) is 0.615. The Balaban J connectivity index is 2.98. The van der Waals surface area contributed by atoms with Gasteiger partial charge in [-0.05, 0) is 25.0 Å². The first-order valence-corrected chi connectivity index (χ1v) is 8.20. The van der Waals surface area contributed by atoms with Crippen LogP contribution in [0.2, 0.25) is 0 Å². The second-order valence-corrected chi connectivity index (χ2v) is 6.62. The molecule has 1 rings (SSSR count). The summed E-state index contributed by atoms with van der Waals surface area (Å²) >= 11 is 0. The molecule has 5 heteroatoms. The minimum atomic E-state index is -3.24. The molecule has 1 N–H and O–H groups in total. The van der Waals surface area contributed by atoms with Crippen molar-refractivity contribution in [3.63, 3.8) is 0 Å². The van der Waals surface area contributed by atoms with E-state index in [1.807, 2.05) is 0 Å². The molecule has 4 nitrogen and oxygen atoms in total. The molecule has 0 aliphatic heterocycles. The first-order chi connectivity index (χ1) is 8.40. The molecule has 0 aliphatic rings. The molecule has 0 fully saturated rings. The third kappa shape index (κ3) is 3.70. The maximum absolute atomic E-state index is 11.7. The molecule has 1 aromatic rings. The van der Waals surface area contributed by atoms with Crippen molar-refractivity contribution in [3.8, 4) is 0 Å². The van der Waals surface area contributed by atoms with Crippen LogP contribution in [0.15, 0.2) is 23.2 Å². The summed E-state index contributed by atoms with van der Waals surface area (Å²) in [6.07, 6.45) is 4.94. The van der Waals surface area contributed by atoms with Crippen molar-refractivity contribution in [3.05, 3.63) is 18.3 Å². The Bertz CT molecular complexity index is 482. The summed E-state index contributed by atoms with van der Waals surface area (Å²) in [5, 5.41) is 3.23. The summed E-state index contributed by atoms with van der Waals surface area (Å²) in [6.45, 7) is 6.35. The zero-order valence-electron chi connectivity index (χ0n) is 11.5. The van der Waals surface area contributed by atoms with Crippen molar-refractivity contribution >= 4 is 15.7 Å². The number of sulfone groups is 1. The van der Waals surface area contributed by atoms with Crippen LogP contribution in [-0.4, -0.2) is 25.7 Å². The average molecular weight is 270 g/mol. The topological polar surface area (TPSA) is 59.1 Å². The minimum absolute atomic E-state index is 0.204. The van der Waals surface area contributed by atoms with Crippen molar-refractivity contribution in [1.29, 1.82) is 0 Å². The standard InChI is InChI=1S/C13H22N2O2S/c1-5-11(6-2)10(3)15-13-12(18(4,16)17)8-7-9-14-13/h7-11H,5-6H2,1-4H3,(H,14,15). The molecule has 102 valence electrons. The molecule has 18 heavy (non-hydrogen) atoms. The summed E-state index contributed by atoms with van der Waals surface area (Å²) in [4.78, 5) is 4.41. The molecule has 0 bridgehead atoms. The maximum Gasteiger partial charge on any atom is 0.179 e. The number of rotatable bonds is 6. The van der Waals surface area contributed by atoms with Gasteiger partial charge >= 0.3 is 0 Å². The molecule has 1 aromatic heterocycles. The molecule has 1 atom stereocenters. The smallest absolute Gasteiger partial charge is 0.179 e. The summed E-state index contributed by atoms with van der Waals surface area (Å²) in [7, 11) is -3.24. The summed E-state index contributed by atoms with van der Waals surface area (Å²) in [5.74, 6) is 0.971. The quantitative estimate of drug-likeness (QED) is 0.863. The normalized spacial score (nSPS) is 13.6. The largest absolute Gasteiger partial charge is 0.366 e. The maximum atomic E-state index is 11.7. The van der Waals surface area contributed by atoms with Gasteiger partial charge < -0.3 is 5.32 Å². The molecule has 0 saturated heterocycles. The third-order valence-electron chi connectivity index (χ3n) is 3.29. The lowest BCUT2D eigenvalue weighted by Crippen LogP contribution is -2.26. The monoisotopic (exact) mass is 270 g/mol. The number of hydrogen-bond acceptors (Lipinski definition) is 4. The Kier molecular flexibility index (Phi) is 5.14. The Morgan fingerprint density at radius 3 is 2.44 bits per heavy atom. The number of aromatic nitrogens is 1. The van der Waals surface area contributed by atoms with E-state index in [1.54, 1.807) is 18.3 Å². The first kappa shape index (κ1) is 15.0. The zero-order valence-corrected chi connectivity index (χ0v) is 12.3. The SMILES string of the molecule is CCC(CC)C(C)Nc1ncccc1S(C)(=O)=O. The molecule has 0 aliphatic carbocycles. The van der Waals surface area contributed by atoms with Crippen molar-refractivity contribution in [2.75, 3.05) is 11.6 Å². The summed E-state index contributed by atoms with van der Waals surface area (Å²) in [6, 6.07) is 3.43. The lowest BCUT2D eigenvalue weighted by Gasteiger charge is -2.23. The lowest BCUT2D eigenvalue weighted by molar-refractivity contribution is 0.436. The van der Waals surface area contributed by atoms with Crippen molar-refractivity contribution < 1.29 is 8.42 Å². The van der Waals surface area contributed by atoms with Crippen molar-refractivity contribution in [2.45, 2.75) is 44.6 Å². The third-order valence-corrected chi connectivity index (χ3v) is 4.42. The van der Waals surface area contributed by atoms with Gasteiger partial charge in [0.1, 0.15) is 10.7 Å². The molecule has 0 spiro atoms. The molecular formula is C13H22N2O2S. The van der Waals surface area contributed by atoms with Crippen LogP contribution in [0.3, 0.4) is 0 Å². The second kappa shape index (κ2) is 6.18. The average Bonchev–Trinajstić information content (AvgIpc) is 2.30. The predicted molar refractivity (Wildman–Crippen MR) is 74.5 cm³/mol. The number of hydrogen-bond donors (Lipinski definition) is 1. The van der Waals surface area contributed by atoms with Crippen LogP contribution in [0, 0.1) is 5.92 Å². The van der Waals surface area contributed by atoms with Gasteiger partial charge in [-0.1, -0.05) is 26.7 Å². The fourth-order valence-corrected chi connectivity index (χ4v) is 2.92. The Morgan fingerprint density at radius 2 is 1.94 bits per heavy atom. The van der Waals surface area contributed by atoms with Crippen LogP contribution in [0.25, 0.3) is 0 Å². The molecule has 0 amide bonds. The van der Waals surface area contributed by atoms with E-state index in [-0.39, 0.29) is 10.9 Å². The summed E-state index contributed by atoms with van der Waals surface area (Å²) in [5.41, 5.74) is 0. The molecule has 0 aromatic carbocycles. The van der Waals surface area contributed by atoms with Crippen molar-refractivity contribution in [2.24, 2.45) is 5.92 Å². The van der Waals surface area contributed by atoms with Crippen molar-refractivity contribution in [1.82, 2.24) is 4.98 Å². The van der Waals surface area contributed by atoms with E-state index < -0.39 is 9.84 Å². The molecule has 1 heterocycles. The second-order valence-electron chi connectivity index (χ2n) is 4.63. The van der Waals surface area contributed by atoms with E-state index in [2.05, 4.69) is 31.1 Å². The van der Waals surface area contributed by atoms with Crippen LogP contribution in [0.1, 0.15) is 33.6 Å². The molecule has 1 unspecified atom stereocenters. The Morgan fingerprint density at radius 1 is 1.33 bits per heavy atom. The fourth-order valence-electron chi connectivity index (χ4n) is 2.13. The van der Waals surface area contributed by atoms with E-state index in [4.69, 9.17) is 0 Å². The van der Waals surface area contributed by atoms with E-state index in [0.29, 0.717) is 11.7 Å². The van der Waals surface area contributed by atoms with Gasteiger partial charge in [0.05, 0.1) is 0 Å². The van der Waals surface area contributed by atoms with Crippen LogP contribution >= 0.6 is 0 Å². The molecular weight excluding hydrogens is 248 g/mol. The van der Waals surface area contributed by atoms with E-state index in [1.165, 1.54) is 6.26 Å². The Hall–Kier alpha value is -1.10. The minimum Gasteiger partial charge on any atom is -0.366 e. The van der Waals surface area contributed by atoms with Gasteiger partial charge in [-0.3, -0.25) is 0 Å². The zero-order chi connectivity index (χ0) is 13.8. The highest BCUT2D eigenvalue weighted by Crippen LogP contribution is 2.22. The van der Waals surface area contributed by atoms with Gasteiger partial charge in [-0.2, -0.15) is 0 Å². The van der Waals surface area contributed by atoms with Gasteiger partial charge in [0.15, 0.2) is 9.84 Å². The lowest BCUT2D eigenvalue weighted by atomic mass is 9.95. The van der Waals surface area contributed by atoms with Gasteiger partial charge in [-0.25, -0.2) is 13.4 Å². The predicted octanol–water partition coefficient (Wildman–Crippen LogP) is 2.72. The van der Waals surface area contributed by atoms with E-state index in [9.17, 15) is 8.42 Å². The molecule has 0 saturated carbocycles. The Labute approximate surface area is 110 Å². The number of nitrogens with one attached hydrogen (secondary N) is 1. The number of anilines is 1. The highest BCUT2D eigenvalue weighted by Gasteiger charge is 2.18. The highest BCUT2D eigenvalue weighted by atomic mass is 32.2. The number of nitrogens with zero attached hydrogens (tertiary/aromatic N) is 1. The molecule has 0 radical (unpaired) electrons. The van der Waals surface area contributed by atoms with Crippen LogP contribution in [-0.2, 0) is 9.84 Å². The van der Waals surface area contributed by atoms with Crippen LogP contribution < -0.4 is 5.32 Å². The van der Waals surface area contributed by atoms with Gasteiger partial charge in [0.2, 0.25) is 0 Å². The van der Waals surface area contributed by atoms with Crippen LogP contribution in [0.5, 0.6) is 0 Å². The highest BCUT2D eigenvalue weighted by molar-refractivity contribution is 7.90. The van der Waals surface area contributed by atoms with Gasteiger partial charge in [-0.15, -0.1) is 0 Å². The van der Waals surface area contributed by atoms with E-state index >= 15 is 0 Å². The van der Waals surface area contributed by atoms with E-state index in [0.717, 1.165) is 12.8 Å². The van der Waals surface area contributed by atoms with Crippen LogP contribution in [0.4, 0.5) is 5.82 Å². The van der Waals surface area contributed by atoms with Gasteiger partial charge in [0, 0.05) is 18.5 Å². The van der Waals surface area contributed by atoms with Gasteiger partial charge in [0.25, 0.3) is 0 Å². The summed E-state index contributed by atoms with van der Waals surface area (Å²) < 4.78 is 23.3.